The van der Waals surface area contributed by atoms with Gasteiger partial charge in [-0.25, -0.2) is 27.2 Å². The lowest BCUT2D eigenvalue weighted by molar-refractivity contribution is -0.120. The number of rotatable bonds is 4. The molecular weight excluding hydrogens is 393 g/mol. The molecule has 0 aliphatic carbocycles. The number of thiophene rings is 1. The number of carbonyl (C=O) groups is 2. The molecule has 2 fully saturated rings. The third kappa shape index (κ3) is 3.24. The van der Waals surface area contributed by atoms with E-state index in [-0.39, 0.29) is 22.9 Å². The SMILES string of the molecule is O=C1[C@@H]2C[C@@H](NS(=O)(=O)c3cccs3)CCN2C(=O)N1c1cccc(F)c1. The topological polar surface area (TPSA) is 86.8 Å². The van der Waals surface area contributed by atoms with Crippen LogP contribution in [0.3, 0.4) is 0 Å². The first-order chi connectivity index (χ1) is 12.9. The molecule has 2 aliphatic rings. The standard InChI is InChI=1S/C17H16FN3O4S2/c18-11-3-1-4-13(9-11)21-16(22)14-10-12(6-7-20(14)17(21)23)19-27(24,25)15-5-2-8-26-15/h1-5,8-9,12,14,19H,6-7,10H2/t12-,14-/m0/s1. The fourth-order valence-corrected chi connectivity index (χ4v) is 5.75. The van der Waals surface area contributed by atoms with Gasteiger partial charge in [0, 0.05) is 12.6 Å². The highest BCUT2D eigenvalue weighted by Gasteiger charge is 2.49. The number of hydrogen-bond donors (Lipinski definition) is 1. The first-order valence-corrected chi connectivity index (χ1v) is 10.7. The smallest absolute Gasteiger partial charge is 0.312 e. The van der Waals surface area contributed by atoms with E-state index in [1.165, 1.54) is 29.2 Å². The minimum atomic E-state index is -3.66. The highest BCUT2D eigenvalue weighted by molar-refractivity contribution is 7.91. The van der Waals surface area contributed by atoms with Crippen LogP contribution in [-0.4, -0.2) is 43.9 Å². The van der Waals surface area contributed by atoms with Crippen molar-refractivity contribution in [2.75, 3.05) is 11.4 Å². The number of fused-ring (bicyclic) bond motifs is 1. The molecule has 2 atom stereocenters. The maximum atomic E-state index is 13.5. The van der Waals surface area contributed by atoms with E-state index in [0.29, 0.717) is 6.42 Å². The molecule has 0 radical (unpaired) electrons. The van der Waals surface area contributed by atoms with Crippen molar-refractivity contribution in [3.63, 3.8) is 0 Å². The maximum Gasteiger partial charge on any atom is 0.332 e. The molecule has 1 aromatic heterocycles. The Morgan fingerprint density at radius 2 is 2.00 bits per heavy atom. The molecule has 27 heavy (non-hydrogen) atoms. The predicted molar refractivity (Wildman–Crippen MR) is 97.4 cm³/mol. The van der Waals surface area contributed by atoms with E-state index < -0.39 is 39.9 Å². The van der Waals surface area contributed by atoms with Crippen LogP contribution in [0.25, 0.3) is 0 Å². The van der Waals surface area contributed by atoms with Crippen molar-refractivity contribution < 1.29 is 22.4 Å². The molecule has 0 saturated carbocycles. The van der Waals surface area contributed by atoms with Gasteiger partial charge in [0.25, 0.3) is 5.91 Å². The van der Waals surface area contributed by atoms with Crippen LogP contribution in [0.1, 0.15) is 12.8 Å². The molecule has 1 N–H and O–H groups in total. The molecule has 3 amide bonds. The Labute approximate surface area is 159 Å². The van der Waals surface area contributed by atoms with Gasteiger partial charge in [-0.2, -0.15) is 0 Å². The van der Waals surface area contributed by atoms with Crippen LogP contribution in [0, 0.1) is 5.82 Å². The molecule has 0 unspecified atom stereocenters. The Kier molecular flexibility index (Phi) is 4.49. The molecule has 3 heterocycles. The van der Waals surface area contributed by atoms with Gasteiger partial charge >= 0.3 is 6.03 Å². The Balaban J connectivity index is 1.53. The molecule has 2 aliphatic heterocycles. The van der Waals surface area contributed by atoms with Crippen LogP contribution in [0.15, 0.2) is 46.0 Å². The normalized spacial score (nSPS) is 23.0. The van der Waals surface area contributed by atoms with Crippen LogP contribution >= 0.6 is 11.3 Å². The average molecular weight is 409 g/mol. The fraction of sp³-hybridized carbons (Fsp3) is 0.294. The zero-order chi connectivity index (χ0) is 19.2. The Morgan fingerprint density at radius 3 is 2.70 bits per heavy atom. The summed E-state index contributed by atoms with van der Waals surface area (Å²) in [6.07, 6.45) is 0.581. The summed E-state index contributed by atoms with van der Waals surface area (Å²) < 4.78 is 41.1. The molecule has 0 bridgehead atoms. The van der Waals surface area contributed by atoms with E-state index >= 15 is 0 Å². The number of urea groups is 1. The number of sulfonamides is 1. The van der Waals surface area contributed by atoms with Crippen molar-refractivity contribution in [2.45, 2.75) is 29.1 Å². The van der Waals surface area contributed by atoms with Gasteiger partial charge in [-0.15, -0.1) is 11.3 Å². The number of piperidine rings is 1. The van der Waals surface area contributed by atoms with Crippen molar-refractivity contribution in [2.24, 2.45) is 0 Å². The number of carbonyl (C=O) groups excluding carboxylic acids is 2. The van der Waals surface area contributed by atoms with Gasteiger partial charge in [0.15, 0.2) is 0 Å². The van der Waals surface area contributed by atoms with E-state index in [2.05, 4.69) is 4.72 Å². The number of halogens is 1. The first kappa shape index (κ1) is 18.1. The van der Waals surface area contributed by atoms with Gasteiger partial charge in [-0.05, 0) is 42.5 Å². The Bertz CT molecular complexity index is 993. The van der Waals surface area contributed by atoms with Crippen LogP contribution < -0.4 is 9.62 Å². The first-order valence-electron chi connectivity index (χ1n) is 8.33. The van der Waals surface area contributed by atoms with Crippen molar-refractivity contribution in [1.29, 1.82) is 0 Å². The van der Waals surface area contributed by atoms with Crippen LogP contribution in [-0.2, 0) is 14.8 Å². The monoisotopic (exact) mass is 409 g/mol. The van der Waals surface area contributed by atoms with Crippen molar-refractivity contribution in [3.05, 3.63) is 47.6 Å². The lowest BCUT2D eigenvalue weighted by Gasteiger charge is -2.32. The van der Waals surface area contributed by atoms with Gasteiger partial charge < -0.3 is 4.90 Å². The van der Waals surface area contributed by atoms with E-state index in [9.17, 15) is 22.4 Å². The number of amides is 3. The second kappa shape index (κ2) is 6.70. The van der Waals surface area contributed by atoms with Gasteiger partial charge in [0.2, 0.25) is 10.0 Å². The third-order valence-corrected chi connectivity index (χ3v) is 7.61. The molecule has 4 rings (SSSR count). The summed E-state index contributed by atoms with van der Waals surface area (Å²) >= 11 is 1.11. The number of anilines is 1. The zero-order valence-corrected chi connectivity index (χ0v) is 15.7. The molecule has 2 saturated heterocycles. The summed E-state index contributed by atoms with van der Waals surface area (Å²) in [7, 11) is -3.66. The average Bonchev–Trinajstić information content (AvgIpc) is 3.24. The van der Waals surface area contributed by atoms with Gasteiger partial charge in [0.1, 0.15) is 16.1 Å². The number of imide groups is 1. The van der Waals surface area contributed by atoms with Crippen molar-refractivity contribution in [3.8, 4) is 0 Å². The summed E-state index contributed by atoms with van der Waals surface area (Å²) in [6.45, 7) is 0.249. The Hall–Kier alpha value is -2.30. The second-order valence-electron chi connectivity index (χ2n) is 6.42. The van der Waals surface area contributed by atoms with E-state index in [1.54, 1.807) is 11.4 Å². The molecular formula is C17H16FN3O4S2. The van der Waals surface area contributed by atoms with Gasteiger partial charge in [-0.3, -0.25) is 4.79 Å². The predicted octanol–water partition coefficient (Wildman–Crippen LogP) is 2.17. The minimum Gasteiger partial charge on any atom is -0.312 e. The quantitative estimate of drug-likeness (QED) is 0.784. The highest BCUT2D eigenvalue weighted by atomic mass is 32.2. The summed E-state index contributed by atoms with van der Waals surface area (Å²) in [6, 6.07) is 6.73. The molecule has 7 nitrogen and oxygen atoms in total. The Morgan fingerprint density at radius 1 is 1.19 bits per heavy atom. The molecule has 2 aromatic rings. The van der Waals surface area contributed by atoms with Gasteiger partial charge in [0.05, 0.1) is 5.69 Å². The highest BCUT2D eigenvalue weighted by Crippen LogP contribution is 2.31. The summed E-state index contributed by atoms with van der Waals surface area (Å²) in [4.78, 5) is 27.8. The number of nitrogens with zero attached hydrogens (tertiary/aromatic N) is 2. The van der Waals surface area contributed by atoms with E-state index in [0.717, 1.165) is 22.3 Å². The van der Waals surface area contributed by atoms with Crippen molar-refractivity contribution >= 4 is 39.0 Å². The molecule has 1 aromatic carbocycles. The van der Waals surface area contributed by atoms with Crippen LogP contribution in [0.4, 0.5) is 14.9 Å². The van der Waals surface area contributed by atoms with E-state index in [1.807, 2.05) is 0 Å². The summed E-state index contributed by atoms with van der Waals surface area (Å²) in [5.41, 5.74) is 0.176. The maximum absolute atomic E-state index is 13.5. The van der Waals surface area contributed by atoms with Crippen molar-refractivity contribution in [1.82, 2.24) is 9.62 Å². The number of benzene rings is 1. The van der Waals surface area contributed by atoms with Crippen LogP contribution in [0.2, 0.25) is 0 Å². The number of nitrogens with one attached hydrogen (secondary N) is 1. The minimum absolute atomic E-state index is 0.176. The van der Waals surface area contributed by atoms with Gasteiger partial charge in [-0.1, -0.05) is 12.1 Å². The molecule has 0 spiro atoms. The summed E-state index contributed by atoms with van der Waals surface area (Å²) in [5, 5.41) is 1.67. The molecule has 10 heteroatoms. The second-order valence-corrected chi connectivity index (χ2v) is 9.31. The fourth-order valence-electron chi connectivity index (χ4n) is 3.45. The summed E-state index contributed by atoms with van der Waals surface area (Å²) in [5.74, 6) is -1.01. The third-order valence-electron chi connectivity index (χ3n) is 4.69. The lowest BCUT2D eigenvalue weighted by atomic mass is 9.99. The van der Waals surface area contributed by atoms with E-state index in [4.69, 9.17) is 0 Å². The largest absolute Gasteiger partial charge is 0.332 e. The zero-order valence-electron chi connectivity index (χ0n) is 14.0. The lowest BCUT2D eigenvalue weighted by Crippen LogP contribution is -2.49. The molecule has 142 valence electrons. The van der Waals surface area contributed by atoms with Crippen LogP contribution in [0.5, 0.6) is 0 Å². The number of hydrogen-bond acceptors (Lipinski definition) is 5.